The number of rotatable bonds is 2. The summed E-state index contributed by atoms with van der Waals surface area (Å²) < 4.78 is 13.1. The van der Waals surface area contributed by atoms with Gasteiger partial charge in [-0.2, -0.15) is 10.2 Å². The van der Waals surface area contributed by atoms with Gasteiger partial charge in [0.15, 0.2) is 5.76 Å². The van der Waals surface area contributed by atoms with Gasteiger partial charge in [-0.3, -0.25) is 4.79 Å². The van der Waals surface area contributed by atoms with Gasteiger partial charge in [-0.05, 0) is 30.5 Å². The Morgan fingerprint density at radius 2 is 2.12 bits per heavy atom. The van der Waals surface area contributed by atoms with E-state index in [4.69, 9.17) is 8.83 Å². The van der Waals surface area contributed by atoms with Crippen LogP contribution < -0.4 is 10.5 Å². The van der Waals surface area contributed by atoms with Gasteiger partial charge in [0, 0.05) is 37.3 Å². The highest BCUT2D eigenvalue weighted by molar-refractivity contribution is 5.56. The van der Waals surface area contributed by atoms with E-state index in [9.17, 15) is 10.1 Å². The Morgan fingerprint density at radius 3 is 2.92 bits per heavy atom. The van der Waals surface area contributed by atoms with Gasteiger partial charge in [-0.1, -0.05) is 6.07 Å². The van der Waals surface area contributed by atoms with Crippen molar-refractivity contribution in [2.75, 3.05) is 18.0 Å². The van der Waals surface area contributed by atoms with Gasteiger partial charge < -0.3 is 18.3 Å². The van der Waals surface area contributed by atoms with Crippen LogP contribution in [-0.2, 0) is 6.54 Å². The largest absolute Gasteiger partial charge is 0.459 e. The second kappa shape index (κ2) is 5.63. The van der Waals surface area contributed by atoms with Crippen molar-refractivity contribution in [1.29, 1.82) is 5.26 Å². The second-order valence-electron chi connectivity index (χ2n) is 6.87. The molecule has 3 aromatic heterocycles. The Balaban J connectivity index is 1.52. The molecule has 130 valence electrons. The Hall–Kier alpha value is -3.27. The molecule has 0 aliphatic carbocycles. The van der Waals surface area contributed by atoms with Gasteiger partial charge in [0.25, 0.3) is 11.4 Å². The Labute approximate surface area is 149 Å². The lowest BCUT2D eigenvalue weighted by Gasteiger charge is -2.42. The van der Waals surface area contributed by atoms with E-state index in [1.807, 2.05) is 16.7 Å². The van der Waals surface area contributed by atoms with Gasteiger partial charge in [0.05, 0.1) is 6.26 Å². The summed E-state index contributed by atoms with van der Waals surface area (Å²) in [5.74, 6) is 1.88. The van der Waals surface area contributed by atoms with Crippen LogP contribution in [0.5, 0.6) is 0 Å². The number of fused-ring (bicyclic) bond motifs is 4. The Kier molecular flexibility index (Phi) is 3.25. The summed E-state index contributed by atoms with van der Waals surface area (Å²) in [6.07, 6.45) is 2.59. The maximum absolute atomic E-state index is 12.1. The number of furan rings is 1. The number of pyridine rings is 1. The zero-order valence-electron chi connectivity index (χ0n) is 14.0. The standard InChI is InChI=1S/C19H16N4O3/c20-8-14-19(26-18(21-14)16-4-2-6-25-16)22-9-12-7-13(11-22)15-3-1-5-17(24)23(15)10-12/h1-6,12-13H,7,9-11H2/t12-,13+/m1/s1. The van der Waals surface area contributed by atoms with E-state index in [0.29, 0.717) is 36.5 Å². The van der Waals surface area contributed by atoms with Crippen LogP contribution in [0.15, 0.2) is 50.2 Å². The molecule has 1 fully saturated rings. The fourth-order valence-corrected chi connectivity index (χ4v) is 4.17. The van der Waals surface area contributed by atoms with E-state index >= 15 is 0 Å². The summed E-state index contributed by atoms with van der Waals surface area (Å²) in [7, 11) is 0. The Morgan fingerprint density at radius 1 is 1.19 bits per heavy atom. The summed E-state index contributed by atoms with van der Waals surface area (Å²) in [5, 5.41) is 9.48. The average molecular weight is 348 g/mol. The van der Waals surface area contributed by atoms with Crippen LogP contribution in [-0.4, -0.2) is 22.6 Å². The van der Waals surface area contributed by atoms with Crippen molar-refractivity contribution in [2.45, 2.75) is 18.9 Å². The van der Waals surface area contributed by atoms with Crippen molar-refractivity contribution >= 4 is 5.88 Å². The van der Waals surface area contributed by atoms with Gasteiger partial charge in [0.1, 0.15) is 6.07 Å². The van der Waals surface area contributed by atoms with Crippen LogP contribution in [0.3, 0.4) is 0 Å². The molecule has 2 aliphatic rings. The first kappa shape index (κ1) is 15.0. The van der Waals surface area contributed by atoms with Gasteiger partial charge in [-0.25, -0.2) is 0 Å². The highest BCUT2D eigenvalue weighted by Crippen LogP contribution is 2.38. The highest BCUT2D eigenvalue weighted by Gasteiger charge is 2.36. The smallest absolute Gasteiger partial charge is 0.266 e. The molecule has 0 amide bonds. The molecular formula is C19H16N4O3. The summed E-state index contributed by atoms with van der Waals surface area (Å²) in [6.45, 7) is 2.13. The molecule has 5 heterocycles. The van der Waals surface area contributed by atoms with E-state index in [0.717, 1.165) is 18.7 Å². The minimum atomic E-state index is 0.0585. The number of anilines is 1. The molecule has 0 aromatic carbocycles. The first-order chi connectivity index (χ1) is 12.7. The molecule has 7 nitrogen and oxygen atoms in total. The van der Waals surface area contributed by atoms with E-state index in [2.05, 4.69) is 16.0 Å². The van der Waals surface area contributed by atoms with Gasteiger partial charge in [-0.15, -0.1) is 0 Å². The molecule has 1 saturated heterocycles. The maximum atomic E-state index is 12.1. The molecule has 7 heteroatoms. The number of oxazole rings is 1. The van der Waals surface area contributed by atoms with Crippen LogP contribution in [0, 0.1) is 17.2 Å². The lowest BCUT2D eigenvalue weighted by molar-refractivity contribution is 0.275. The molecule has 0 unspecified atom stereocenters. The third-order valence-corrected chi connectivity index (χ3v) is 5.21. The molecular weight excluding hydrogens is 332 g/mol. The quantitative estimate of drug-likeness (QED) is 0.707. The zero-order valence-corrected chi connectivity index (χ0v) is 14.0. The van der Waals surface area contributed by atoms with E-state index < -0.39 is 0 Å². The molecule has 0 spiro atoms. The van der Waals surface area contributed by atoms with Crippen molar-refractivity contribution in [3.05, 3.63) is 58.3 Å². The molecule has 2 bridgehead atoms. The summed E-state index contributed by atoms with van der Waals surface area (Å²) in [5.41, 5.74) is 1.38. The van der Waals surface area contributed by atoms with Crippen molar-refractivity contribution in [3.8, 4) is 17.7 Å². The SMILES string of the molecule is N#Cc1nc(-c2ccco2)oc1N1C[C@H]2C[C@@H](C1)c1cccc(=O)n1C2. The van der Waals surface area contributed by atoms with Crippen molar-refractivity contribution in [3.63, 3.8) is 0 Å². The first-order valence-corrected chi connectivity index (χ1v) is 8.62. The van der Waals surface area contributed by atoms with Crippen LogP contribution >= 0.6 is 0 Å². The number of piperidine rings is 1. The molecule has 2 aliphatic heterocycles. The third kappa shape index (κ3) is 2.26. The monoisotopic (exact) mass is 348 g/mol. The fraction of sp³-hybridized carbons (Fsp3) is 0.316. The van der Waals surface area contributed by atoms with Crippen LogP contribution in [0.25, 0.3) is 11.7 Å². The van der Waals surface area contributed by atoms with Crippen LogP contribution in [0.2, 0.25) is 0 Å². The zero-order chi connectivity index (χ0) is 17.7. The van der Waals surface area contributed by atoms with Crippen LogP contribution in [0.4, 0.5) is 5.88 Å². The summed E-state index contributed by atoms with van der Waals surface area (Å²) >= 11 is 0. The lowest BCUT2D eigenvalue weighted by atomic mass is 9.83. The van der Waals surface area contributed by atoms with Crippen LogP contribution in [0.1, 0.15) is 23.7 Å². The topological polar surface area (TPSA) is 88.2 Å². The highest BCUT2D eigenvalue weighted by atomic mass is 16.4. The Bertz CT molecular complexity index is 1060. The van der Waals surface area contributed by atoms with E-state index in [1.54, 1.807) is 24.5 Å². The van der Waals surface area contributed by atoms with Crippen molar-refractivity contribution in [1.82, 2.24) is 9.55 Å². The predicted molar refractivity (Wildman–Crippen MR) is 92.7 cm³/mol. The lowest BCUT2D eigenvalue weighted by Crippen LogP contribution is -2.47. The molecule has 0 radical (unpaired) electrons. The molecule has 5 rings (SSSR count). The van der Waals surface area contributed by atoms with Gasteiger partial charge in [0.2, 0.25) is 11.6 Å². The fourth-order valence-electron chi connectivity index (χ4n) is 4.17. The first-order valence-electron chi connectivity index (χ1n) is 8.62. The average Bonchev–Trinajstić information content (AvgIpc) is 3.32. The number of aromatic nitrogens is 2. The third-order valence-electron chi connectivity index (χ3n) is 5.21. The van der Waals surface area contributed by atoms with E-state index in [1.165, 1.54) is 0 Å². The molecule has 0 N–H and O–H groups in total. The van der Waals surface area contributed by atoms with Gasteiger partial charge >= 0.3 is 0 Å². The molecule has 0 saturated carbocycles. The minimum absolute atomic E-state index is 0.0585. The second-order valence-corrected chi connectivity index (χ2v) is 6.87. The number of nitriles is 1. The minimum Gasteiger partial charge on any atom is -0.459 e. The number of hydrogen-bond acceptors (Lipinski definition) is 6. The van der Waals surface area contributed by atoms with Crippen molar-refractivity contribution < 1.29 is 8.83 Å². The normalized spacial score (nSPS) is 21.3. The number of hydrogen-bond donors (Lipinski definition) is 0. The summed E-state index contributed by atoms with van der Waals surface area (Å²) in [6, 6.07) is 11.1. The van der Waals surface area contributed by atoms with Crippen molar-refractivity contribution in [2.24, 2.45) is 5.92 Å². The molecule has 3 aromatic rings. The molecule has 26 heavy (non-hydrogen) atoms. The summed E-state index contributed by atoms with van der Waals surface area (Å²) in [4.78, 5) is 18.5. The maximum Gasteiger partial charge on any atom is 0.266 e. The predicted octanol–water partition coefficient (Wildman–Crippen LogP) is 2.59. The molecule has 2 atom stereocenters. The van der Waals surface area contributed by atoms with E-state index in [-0.39, 0.29) is 17.2 Å². The number of nitrogens with zero attached hydrogens (tertiary/aromatic N) is 4.